The molecule has 2 aromatic rings. The minimum atomic E-state index is -0.535. The number of ether oxygens (including phenoxy) is 2. The van der Waals surface area contributed by atoms with Crippen LogP contribution < -0.4 is 0 Å². The van der Waals surface area contributed by atoms with Gasteiger partial charge in [0, 0.05) is 19.7 Å². The van der Waals surface area contributed by atoms with Crippen LogP contribution in [-0.2, 0) is 27.4 Å². The molecule has 1 amide bonds. The summed E-state index contributed by atoms with van der Waals surface area (Å²) in [6.45, 7) is 0.461. The second-order valence-corrected chi connectivity index (χ2v) is 7.65. The molecule has 0 aromatic heterocycles. The maximum absolute atomic E-state index is 13.2. The Morgan fingerprint density at radius 2 is 1.77 bits per heavy atom. The lowest BCUT2D eigenvalue weighted by Gasteiger charge is -2.34. The number of amides is 1. The van der Waals surface area contributed by atoms with Crippen molar-refractivity contribution in [2.75, 3.05) is 13.7 Å². The first-order chi connectivity index (χ1) is 14.6. The van der Waals surface area contributed by atoms with E-state index in [1.54, 1.807) is 42.3 Å². The van der Waals surface area contributed by atoms with Gasteiger partial charge in [0.2, 0.25) is 0 Å². The van der Waals surface area contributed by atoms with Crippen LogP contribution in [0.25, 0.3) is 0 Å². The molecule has 0 spiro atoms. The molecule has 0 heterocycles. The molecule has 0 aliphatic heterocycles. The molecule has 30 heavy (non-hydrogen) atoms. The lowest BCUT2D eigenvalue weighted by Crippen LogP contribution is -2.43. The molecule has 0 unspecified atom stereocenters. The summed E-state index contributed by atoms with van der Waals surface area (Å²) in [4.78, 5) is 27.2. The number of rotatable bonds is 8. The molecule has 1 aliphatic rings. The first-order valence-electron chi connectivity index (χ1n) is 10.4. The second-order valence-electron chi connectivity index (χ2n) is 7.65. The quantitative estimate of drug-likeness (QED) is 0.599. The summed E-state index contributed by atoms with van der Waals surface area (Å²) in [6, 6.07) is 13.3. The third-order valence-corrected chi connectivity index (χ3v) is 5.40. The fourth-order valence-electron chi connectivity index (χ4n) is 3.85. The Kier molecular flexibility index (Phi) is 7.97. The molecule has 160 valence electrons. The summed E-state index contributed by atoms with van der Waals surface area (Å²) < 4.78 is 23.6. The van der Waals surface area contributed by atoms with Gasteiger partial charge in [0.25, 0.3) is 5.91 Å². The van der Waals surface area contributed by atoms with Crippen molar-refractivity contribution in [2.24, 2.45) is 0 Å². The summed E-state index contributed by atoms with van der Waals surface area (Å²) in [5.41, 5.74) is 2.10. The van der Waals surface area contributed by atoms with Crippen molar-refractivity contribution >= 4 is 11.9 Å². The smallest absolute Gasteiger partial charge is 0.338 e. The molecule has 0 radical (unpaired) electrons. The zero-order chi connectivity index (χ0) is 21.3. The average molecular weight is 413 g/mol. The van der Waals surface area contributed by atoms with Gasteiger partial charge in [-0.15, -0.1) is 0 Å². The van der Waals surface area contributed by atoms with Gasteiger partial charge in [-0.1, -0.05) is 43.5 Å². The van der Waals surface area contributed by atoms with E-state index >= 15 is 0 Å². The van der Waals surface area contributed by atoms with Crippen molar-refractivity contribution in [3.8, 4) is 0 Å². The Hall–Kier alpha value is -2.73. The molecule has 6 heteroatoms. The van der Waals surface area contributed by atoms with E-state index in [4.69, 9.17) is 9.47 Å². The number of esters is 1. The first kappa shape index (κ1) is 22.0. The van der Waals surface area contributed by atoms with E-state index in [2.05, 4.69) is 0 Å². The fraction of sp³-hybridized carbons (Fsp3) is 0.417. The van der Waals surface area contributed by atoms with E-state index in [0.29, 0.717) is 18.7 Å². The summed E-state index contributed by atoms with van der Waals surface area (Å²) in [7, 11) is 1.59. The highest BCUT2D eigenvalue weighted by Gasteiger charge is 2.26. The molecule has 0 saturated heterocycles. The number of nitrogens with zero attached hydrogens (tertiary/aromatic N) is 1. The third-order valence-electron chi connectivity index (χ3n) is 5.40. The van der Waals surface area contributed by atoms with E-state index in [1.807, 2.05) is 6.07 Å². The number of benzene rings is 2. The van der Waals surface area contributed by atoms with Crippen LogP contribution in [-0.4, -0.2) is 36.5 Å². The third kappa shape index (κ3) is 6.13. The maximum Gasteiger partial charge on any atom is 0.338 e. The minimum Gasteiger partial charge on any atom is -0.452 e. The summed E-state index contributed by atoms with van der Waals surface area (Å²) in [5.74, 6) is -1.07. The first-order valence-corrected chi connectivity index (χ1v) is 10.4. The number of halogens is 1. The molecular formula is C24H28FNO4. The number of carbonyl (C=O) groups is 2. The predicted octanol–water partition coefficient (Wildman–Crippen LogP) is 4.49. The maximum atomic E-state index is 13.2. The van der Waals surface area contributed by atoms with Gasteiger partial charge in [-0.05, 0) is 48.2 Å². The van der Waals surface area contributed by atoms with Crippen molar-refractivity contribution in [1.82, 2.24) is 4.90 Å². The van der Waals surface area contributed by atoms with Crippen molar-refractivity contribution in [3.63, 3.8) is 0 Å². The highest BCUT2D eigenvalue weighted by atomic mass is 19.1. The van der Waals surface area contributed by atoms with Gasteiger partial charge in [0.15, 0.2) is 6.61 Å². The van der Waals surface area contributed by atoms with Crippen molar-refractivity contribution in [2.45, 2.75) is 51.3 Å². The van der Waals surface area contributed by atoms with E-state index in [-0.39, 0.29) is 24.4 Å². The summed E-state index contributed by atoms with van der Waals surface area (Å²) in [6.07, 6.45) is 5.18. The van der Waals surface area contributed by atoms with Crippen LogP contribution in [0.3, 0.4) is 0 Å². The van der Waals surface area contributed by atoms with Crippen LogP contribution in [0.2, 0.25) is 0 Å². The van der Waals surface area contributed by atoms with Crippen LogP contribution in [0.5, 0.6) is 0 Å². The van der Waals surface area contributed by atoms with Crippen molar-refractivity contribution < 1.29 is 23.5 Å². The van der Waals surface area contributed by atoms with Crippen molar-refractivity contribution in [1.29, 1.82) is 0 Å². The average Bonchev–Trinajstić information content (AvgIpc) is 2.78. The largest absolute Gasteiger partial charge is 0.452 e. The molecule has 0 atom stereocenters. The van der Waals surface area contributed by atoms with Crippen LogP contribution in [0.4, 0.5) is 4.39 Å². The molecule has 2 aromatic carbocycles. The molecule has 1 aliphatic carbocycles. The van der Waals surface area contributed by atoms with Gasteiger partial charge in [-0.2, -0.15) is 0 Å². The fourth-order valence-corrected chi connectivity index (χ4v) is 3.85. The van der Waals surface area contributed by atoms with E-state index in [0.717, 1.165) is 36.8 Å². The molecule has 5 nitrogen and oxygen atoms in total. The summed E-state index contributed by atoms with van der Waals surface area (Å²) in [5, 5.41) is 0. The minimum absolute atomic E-state index is 0.111. The van der Waals surface area contributed by atoms with Gasteiger partial charge < -0.3 is 14.4 Å². The zero-order valence-electron chi connectivity index (χ0n) is 17.3. The van der Waals surface area contributed by atoms with Gasteiger partial charge in [0.1, 0.15) is 5.82 Å². The Labute approximate surface area is 176 Å². The Balaban J connectivity index is 1.65. The topological polar surface area (TPSA) is 55.8 Å². The monoisotopic (exact) mass is 413 g/mol. The normalized spacial score (nSPS) is 14.3. The molecule has 0 N–H and O–H groups in total. The molecule has 3 rings (SSSR count). The van der Waals surface area contributed by atoms with E-state index in [1.165, 1.54) is 18.6 Å². The number of hydrogen-bond donors (Lipinski definition) is 0. The molecule has 0 bridgehead atoms. The number of hydrogen-bond acceptors (Lipinski definition) is 4. The van der Waals surface area contributed by atoms with Crippen LogP contribution in [0.1, 0.15) is 53.6 Å². The Morgan fingerprint density at radius 1 is 1.03 bits per heavy atom. The Morgan fingerprint density at radius 3 is 2.47 bits per heavy atom. The Bertz CT molecular complexity index is 847. The van der Waals surface area contributed by atoms with Gasteiger partial charge in [-0.3, -0.25) is 4.79 Å². The lowest BCUT2D eigenvalue weighted by atomic mass is 9.93. The molecule has 1 saturated carbocycles. The zero-order valence-corrected chi connectivity index (χ0v) is 17.3. The van der Waals surface area contributed by atoms with Crippen LogP contribution in [0, 0.1) is 5.82 Å². The highest BCUT2D eigenvalue weighted by Crippen LogP contribution is 2.24. The molecule has 1 fully saturated rings. The van der Waals surface area contributed by atoms with Crippen LogP contribution >= 0.6 is 0 Å². The van der Waals surface area contributed by atoms with Crippen LogP contribution in [0.15, 0.2) is 48.5 Å². The molecular weight excluding hydrogens is 385 g/mol. The SMILES string of the molecule is COCc1cccc(C(=O)OCC(=O)N(Cc2ccc(F)cc2)C2CCCCC2)c1. The highest BCUT2D eigenvalue weighted by molar-refractivity contribution is 5.91. The van der Waals surface area contributed by atoms with E-state index in [9.17, 15) is 14.0 Å². The number of methoxy groups -OCH3 is 1. The van der Waals surface area contributed by atoms with Gasteiger partial charge in [0.05, 0.1) is 12.2 Å². The predicted molar refractivity (Wildman–Crippen MR) is 111 cm³/mol. The second kappa shape index (κ2) is 10.9. The standard InChI is InChI=1S/C24H28FNO4/c1-29-16-19-6-5-7-20(14-19)24(28)30-17-23(27)26(22-8-3-2-4-9-22)15-18-10-12-21(25)13-11-18/h5-7,10-14,22H,2-4,8-9,15-17H2,1H3. The summed E-state index contributed by atoms with van der Waals surface area (Å²) >= 11 is 0. The van der Waals surface area contributed by atoms with Gasteiger partial charge >= 0.3 is 5.97 Å². The number of carbonyl (C=O) groups excluding carboxylic acids is 2. The van der Waals surface area contributed by atoms with E-state index < -0.39 is 5.97 Å². The van der Waals surface area contributed by atoms with Crippen molar-refractivity contribution in [3.05, 3.63) is 71.0 Å². The lowest BCUT2D eigenvalue weighted by molar-refractivity contribution is -0.138. The van der Waals surface area contributed by atoms with Gasteiger partial charge in [-0.25, -0.2) is 9.18 Å².